The number of aromatic nitrogens is 2. The monoisotopic (exact) mass is 379 g/mol. The summed E-state index contributed by atoms with van der Waals surface area (Å²) in [5.41, 5.74) is 8.31. The van der Waals surface area contributed by atoms with Gasteiger partial charge in [0.15, 0.2) is 0 Å². The van der Waals surface area contributed by atoms with Gasteiger partial charge in [-0.05, 0) is 37.1 Å². The summed E-state index contributed by atoms with van der Waals surface area (Å²) in [5.74, 6) is 0.0919. The Morgan fingerprint density at radius 2 is 1.89 bits per heavy atom. The molecule has 0 bridgehead atoms. The Balaban J connectivity index is 1.64. The number of hydrogen-bond acceptors (Lipinski definition) is 4. The third kappa shape index (κ3) is 4.10. The fourth-order valence-electron chi connectivity index (χ4n) is 2.74. The highest BCUT2D eigenvalue weighted by Gasteiger charge is 2.16. The summed E-state index contributed by atoms with van der Waals surface area (Å²) in [6.45, 7) is 0.438. The predicted octanol–water partition coefficient (Wildman–Crippen LogP) is 3.34. The van der Waals surface area contributed by atoms with Gasteiger partial charge in [-0.3, -0.25) is 4.79 Å². The highest BCUT2D eigenvalue weighted by Crippen LogP contribution is 2.21. The Bertz CT molecular complexity index is 991. The molecule has 3 rings (SSSR count). The number of amides is 1. The van der Waals surface area contributed by atoms with Crippen LogP contribution in [0.15, 0.2) is 54.6 Å². The van der Waals surface area contributed by atoms with Crippen molar-refractivity contribution in [3.05, 3.63) is 76.4 Å². The maximum atomic E-state index is 12.2. The highest BCUT2D eigenvalue weighted by molar-refractivity contribution is 6.33. The lowest BCUT2D eigenvalue weighted by atomic mass is 10.1. The molecule has 0 unspecified atom stereocenters. The number of hydrogen-bond donors (Lipinski definition) is 2. The minimum absolute atomic E-state index is 0.226. The van der Waals surface area contributed by atoms with Crippen molar-refractivity contribution in [2.24, 2.45) is 0 Å². The number of aryl methyl sites for hydroxylation is 1. The van der Waals surface area contributed by atoms with E-state index in [1.165, 1.54) is 0 Å². The van der Waals surface area contributed by atoms with Crippen molar-refractivity contribution in [3.63, 3.8) is 0 Å². The number of nitrogens with zero attached hydrogens (tertiary/aromatic N) is 3. The molecule has 0 aliphatic rings. The Hall–Kier alpha value is -3.30. The fourth-order valence-corrected chi connectivity index (χ4v) is 2.96. The van der Waals surface area contributed by atoms with E-state index >= 15 is 0 Å². The van der Waals surface area contributed by atoms with E-state index in [9.17, 15) is 10.1 Å². The minimum Gasteiger partial charge on any atom is -0.382 e. The third-order valence-electron chi connectivity index (χ3n) is 4.10. The van der Waals surface area contributed by atoms with E-state index in [1.54, 1.807) is 28.9 Å². The summed E-state index contributed by atoms with van der Waals surface area (Å²) in [6.07, 6.45) is 1.14. The van der Waals surface area contributed by atoms with Crippen molar-refractivity contribution in [3.8, 4) is 11.8 Å². The molecule has 3 aromatic rings. The number of para-hydroxylation sites is 1. The zero-order chi connectivity index (χ0) is 19.2. The van der Waals surface area contributed by atoms with Gasteiger partial charge in [-0.15, -0.1) is 0 Å². The van der Waals surface area contributed by atoms with E-state index in [-0.39, 0.29) is 5.91 Å². The Morgan fingerprint density at radius 3 is 2.59 bits per heavy atom. The van der Waals surface area contributed by atoms with Crippen LogP contribution in [-0.2, 0) is 6.42 Å². The summed E-state index contributed by atoms with van der Waals surface area (Å²) in [4.78, 5) is 12.2. The molecule has 1 heterocycles. The van der Waals surface area contributed by atoms with Crippen LogP contribution in [0, 0.1) is 11.3 Å². The molecule has 7 heteroatoms. The molecule has 0 radical (unpaired) electrons. The molecule has 6 nitrogen and oxygen atoms in total. The molecule has 0 saturated heterocycles. The number of nitriles is 1. The van der Waals surface area contributed by atoms with Crippen LogP contribution >= 0.6 is 11.6 Å². The normalized spacial score (nSPS) is 10.4. The van der Waals surface area contributed by atoms with Gasteiger partial charge >= 0.3 is 0 Å². The van der Waals surface area contributed by atoms with Gasteiger partial charge in [-0.1, -0.05) is 41.9 Å². The second kappa shape index (κ2) is 8.39. The number of nitrogens with two attached hydrogens (primary N) is 1. The van der Waals surface area contributed by atoms with Crippen LogP contribution in [-0.4, -0.2) is 22.2 Å². The molecule has 2 aromatic carbocycles. The van der Waals surface area contributed by atoms with Gasteiger partial charge in [0.2, 0.25) is 0 Å². The average Bonchev–Trinajstić information content (AvgIpc) is 3.01. The molecule has 0 fully saturated rings. The number of nitrogen functional groups attached to an aromatic ring is 1. The largest absolute Gasteiger partial charge is 0.382 e. The van der Waals surface area contributed by atoms with E-state index < -0.39 is 0 Å². The molecule has 0 aliphatic carbocycles. The molecule has 136 valence electrons. The van der Waals surface area contributed by atoms with E-state index in [0.29, 0.717) is 47.0 Å². The van der Waals surface area contributed by atoms with Crippen molar-refractivity contribution >= 4 is 23.3 Å². The zero-order valence-electron chi connectivity index (χ0n) is 14.5. The lowest BCUT2D eigenvalue weighted by molar-refractivity contribution is 0.0953. The van der Waals surface area contributed by atoms with Crippen LogP contribution in [0.2, 0.25) is 5.02 Å². The first-order valence-corrected chi connectivity index (χ1v) is 8.85. The van der Waals surface area contributed by atoms with Crippen LogP contribution in [0.4, 0.5) is 5.82 Å². The van der Waals surface area contributed by atoms with Gasteiger partial charge in [0.25, 0.3) is 5.91 Å². The molecule has 0 spiro atoms. The number of halogens is 1. The predicted molar refractivity (Wildman–Crippen MR) is 105 cm³/mol. The molecule has 3 N–H and O–H groups in total. The highest BCUT2D eigenvalue weighted by atomic mass is 35.5. The average molecular weight is 380 g/mol. The maximum Gasteiger partial charge on any atom is 0.252 e. The van der Waals surface area contributed by atoms with Crippen LogP contribution in [0.25, 0.3) is 5.69 Å². The third-order valence-corrected chi connectivity index (χ3v) is 4.43. The first kappa shape index (κ1) is 18.5. The van der Waals surface area contributed by atoms with Gasteiger partial charge in [-0.25, -0.2) is 4.68 Å². The van der Waals surface area contributed by atoms with Gasteiger partial charge < -0.3 is 11.1 Å². The van der Waals surface area contributed by atoms with Crippen LogP contribution < -0.4 is 11.1 Å². The number of benzene rings is 2. The Kier molecular flexibility index (Phi) is 5.74. The lowest BCUT2D eigenvalue weighted by Gasteiger charge is -2.06. The number of rotatable bonds is 6. The topological polar surface area (TPSA) is 96.7 Å². The molecule has 0 atom stereocenters. The molecule has 0 saturated carbocycles. The van der Waals surface area contributed by atoms with Crippen LogP contribution in [0.3, 0.4) is 0 Å². The zero-order valence-corrected chi connectivity index (χ0v) is 15.3. The molecule has 0 aliphatic heterocycles. The molecule has 1 amide bonds. The minimum atomic E-state index is -0.226. The summed E-state index contributed by atoms with van der Waals surface area (Å²) in [7, 11) is 0. The standard InChI is InChI=1S/C20H18ClN5O/c21-17-10-5-4-9-15(17)20(27)24-12-6-11-18-16(13-22)19(23)26(25-18)14-7-2-1-3-8-14/h1-5,7-10H,6,11-12,23H2,(H,24,27). The molecule has 1 aromatic heterocycles. The maximum absolute atomic E-state index is 12.2. The smallest absolute Gasteiger partial charge is 0.252 e. The first-order chi connectivity index (χ1) is 13.1. The number of carbonyl (C=O) groups is 1. The van der Waals surface area contributed by atoms with Crippen molar-refractivity contribution in [1.29, 1.82) is 5.26 Å². The van der Waals surface area contributed by atoms with E-state index in [4.69, 9.17) is 17.3 Å². The van der Waals surface area contributed by atoms with Crippen molar-refractivity contribution in [2.45, 2.75) is 12.8 Å². The Morgan fingerprint density at radius 1 is 1.19 bits per heavy atom. The number of carbonyl (C=O) groups excluding carboxylic acids is 1. The van der Waals surface area contributed by atoms with E-state index in [2.05, 4.69) is 16.5 Å². The lowest BCUT2D eigenvalue weighted by Crippen LogP contribution is -2.25. The van der Waals surface area contributed by atoms with E-state index in [0.717, 1.165) is 5.69 Å². The number of anilines is 1. The van der Waals surface area contributed by atoms with Crippen molar-refractivity contribution in [1.82, 2.24) is 15.1 Å². The quantitative estimate of drug-likeness (QED) is 0.642. The van der Waals surface area contributed by atoms with Crippen molar-refractivity contribution in [2.75, 3.05) is 12.3 Å². The fraction of sp³-hybridized carbons (Fsp3) is 0.150. The second-order valence-electron chi connectivity index (χ2n) is 5.91. The summed E-state index contributed by atoms with van der Waals surface area (Å²) < 4.78 is 1.57. The van der Waals surface area contributed by atoms with E-state index in [1.807, 2.05) is 30.3 Å². The summed E-state index contributed by atoms with van der Waals surface area (Å²) in [6, 6.07) is 18.4. The van der Waals surface area contributed by atoms with Crippen LogP contribution in [0.1, 0.15) is 28.0 Å². The second-order valence-corrected chi connectivity index (χ2v) is 6.31. The van der Waals surface area contributed by atoms with Gasteiger partial charge in [0.1, 0.15) is 17.5 Å². The molecular weight excluding hydrogens is 362 g/mol. The molecule has 27 heavy (non-hydrogen) atoms. The summed E-state index contributed by atoms with van der Waals surface area (Å²) in [5, 5.41) is 17.1. The van der Waals surface area contributed by atoms with Gasteiger partial charge in [-0.2, -0.15) is 10.4 Å². The first-order valence-electron chi connectivity index (χ1n) is 8.47. The van der Waals surface area contributed by atoms with Gasteiger partial charge in [0, 0.05) is 6.54 Å². The summed E-state index contributed by atoms with van der Waals surface area (Å²) >= 11 is 6.02. The van der Waals surface area contributed by atoms with Crippen molar-refractivity contribution < 1.29 is 4.79 Å². The molecular formula is C20H18ClN5O. The van der Waals surface area contributed by atoms with Crippen LogP contribution in [0.5, 0.6) is 0 Å². The van der Waals surface area contributed by atoms with Gasteiger partial charge in [0.05, 0.1) is 22.0 Å². The Labute approximate surface area is 162 Å². The SMILES string of the molecule is N#Cc1c(CCCNC(=O)c2ccccc2Cl)nn(-c2ccccc2)c1N. The number of nitrogens with one attached hydrogen (secondary N) is 1.